The maximum atomic E-state index is 12.6. The summed E-state index contributed by atoms with van der Waals surface area (Å²) in [6.07, 6.45) is 6.20. The number of amides is 1. The molecule has 2 heterocycles. The van der Waals surface area contributed by atoms with Gasteiger partial charge in [-0.3, -0.25) is 0 Å². The molecule has 0 bridgehead atoms. The maximum absolute atomic E-state index is 12.6. The van der Waals surface area contributed by atoms with E-state index in [0.29, 0.717) is 37.7 Å². The molecule has 1 aromatic rings. The van der Waals surface area contributed by atoms with Crippen LogP contribution in [0.25, 0.3) is 0 Å². The lowest BCUT2D eigenvalue weighted by Gasteiger charge is -2.24. The molecule has 1 saturated heterocycles. The van der Waals surface area contributed by atoms with E-state index >= 15 is 0 Å². The minimum atomic E-state index is -1.30. The van der Waals surface area contributed by atoms with Gasteiger partial charge in [0.05, 0.1) is 18.4 Å². The Bertz CT molecular complexity index is 823. The first kappa shape index (κ1) is 28.9. The van der Waals surface area contributed by atoms with Crippen LogP contribution in [0, 0.1) is 0 Å². The molecule has 0 saturated carbocycles. The van der Waals surface area contributed by atoms with Crippen molar-refractivity contribution in [1.82, 2.24) is 9.88 Å². The van der Waals surface area contributed by atoms with Crippen molar-refractivity contribution in [3.8, 4) is 0 Å². The molecule has 0 spiro atoms. The summed E-state index contributed by atoms with van der Waals surface area (Å²) in [5.41, 5.74) is 1.41. The molecular weight excluding hydrogens is 474 g/mol. The highest BCUT2D eigenvalue weighted by atomic mass is 35.5. The van der Waals surface area contributed by atoms with E-state index in [2.05, 4.69) is 9.38 Å². The van der Waals surface area contributed by atoms with Gasteiger partial charge in [0, 0.05) is 19.3 Å². The summed E-state index contributed by atoms with van der Waals surface area (Å²) in [6.45, 7) is 13.2. The quantitative estimate of drug-likeness (QED) is 0.171. The van der Waals surface area contributed by atoms with Gasteiger partial charge in [-0.2, -0.15) is 0 Å². The summed E-state index contributed by atoms with van der Waals surface area (Å²) in [5.74, 6) is 0. The highest BCUT2D eigenvalue weighted by Crippen LogP contribution is 2.21. The van der Waals surface area contributed by atoms with Gasteiger partial charge in [0.1, 0.15) is 26.9 Å². The first-order chi connectivity index (χ1) is 15.8. The van der Waals surface area contributed by atoms with Crippen molar-refractivity contribution < 1.29 is 18.8 Å². The van der Waals surface area contributed by atoms with Gasteiger partial charge in [0.25, 0.3) is 0 Å². The fraction of sp³-hybridized carbons (Fsp3) is 0.720. The Morgan fingerprint density at radius 1 is 1.26 bits per heavy atom. The number of nitrogens with zero attached hydrogens (tertiary/aromatic N) is 3. The number of ether oxygens (including phenoxy) is 2. The molecule has 7 nitrogen and oxygen atoms in total. The SMILES string of the molecule is CC(C)(C)OC(=O)N1CC[C@@H](OCCCCC(CCc2cccnc2Cl)=N[S@+]([O-])C(C)(C)C)C1. The number of likely N-dealkylation sites (tertiary alicyclic amines) is 1. The van der Waals surface area contributed by atoms with E-state index in [1.54, 1.807) is 11.1 Å². The number of hydrogen-bond donors (Lipinski definition) is 0. The van der Waals surface area contributed by atoms with E-state index in [9.17, 15) is 9.35 Å². The van der Waals surface area contributed by atoms with Crippen molar-refractivity contribution in [2.24, 2.45) is 4.40 Å². The average molecular weight is 514 g/mol. The number of pyridine rings is 1. The minimum Gasteiger partial charge on any atom is -0.591 e. The molecule has 1 aromatic heterocycles. The van der Waals surface area contributed by atoms with Crippen LogP contribution in [0.1, 0.15) is 79.2 Å². The Labute approximate surface area is 213 Å². The van der Waals surface area contributed by atoms with E-state index in [-0.39, 0.29) is 12.2 Å². The van der Waals surface area contributed by atoms with E-state index in [1.807, 2.05) is 53.7 Å². The zero-order chi connectivity index (χ0) is 25.4. The van der Waals surface area contributed by atoms with Gasteiger partial charge < -0.3 is 18.9 Å². The van der Waals surface area contributed by atoms with Crippen LogP contribution in [-0.4, -0.2) is 62.4 Å². The van der Waals surface area contributed by atoms with Crippen molar-refractivity contribution >= 4 is 34.8 Å². The number of rotatable bonds is 10. The molecule has 192 valence electrons. The van der Waals surface area contributed by atoms with Crippen LogP contribution in [0.15, 0.2) is 22.7 Å². The number of aromatic nitrogens is 1. The fourth-order valence-corrected chi connectivity index (χ4v) is 4.30. The number of aryl methyl sites for hydroxylation is 1. The molecule has 2 atom stereocenters. The monoisotopic (exact) mass is 513 g/mol. The van der Waals surface area contributed by atoms with Crippen LogP contribution in [0.4, 0.5) is 4.79 Å². The number of carbonyl (C=O) groups is 1. The lowest BCUT2D eigenvalue weighted by atomic mass is 10.0. The lowest BCUT2D eigenvalue weighted by Crippen LogP contribution is -2.36. The zero-order valence-corrected chi connectivity index (χ0v) is 23.0. The minimum absolute atomic E-state index is 0.0433. The van der Waals surface area contributed by atoms with Crippen LogP contribution in [0.3, 0.4) is 0 Å². The molecular formula is C25H40ClN3O4S. The Kier molecular flexibility index (Phi) is 11.1. The first-order valence-electron chi connectivity index (χ1n) is 12.0. The van der Waals surface area contributed by atoms with Crippen molar-refractivity contribution in [3.63, 3.8) is 0 Å². The molecule has 34 heavy (non-hydrogen) atoms. The van der Waals surface area contributed by atoms with Gasteiger partial charge in [-0.1, -0.05) is 22.1 Å². The summed E-state index contributed by atoms with van der Waals surface area (Å²) in [5, 5.41) is 0.504. The summed E-state index contributed by atoms with van der Waals surface area (Å²) in [7, 11) is 0. The molecule has 2 rings (SSSR count). The van der Waals surface area contributed by atoms with Gasteiger partial charge >= 0.3 is 6.09 Å². The van der Waals surface area contributed by atoms with Crippen LogP contribution in [-0.2, 0) is 27.3 Å². The second kappa shape index (κ2) is 13.1. The van der Waals surface area contributed by atoms with Crippen molar-refractivity contribution in [1.29, 1.82) is 0 Å². The highest BCUT2D eigenvalue weighted by molar-refractivity contribution is 7.91. The summed E-state index contributed by atoms with van der Waals surface area (Å²) in [4.78, 5) is 18.0. The number of hydrogen-bond acceptors (Lipinski definition) is 6. The molecule has 0 aliphatic carbocycles. The number of halogens is 1. The van der Waals surface area contributed by atoms with Crippen LogP contribution < -0.4 is 0 Å². The Morgan fingerprint density at radius 3 is 2.65 bits per heavy atom. The molecule has 9 heteroatoms. The Hall–Kier alpha value is -1.35. The average Bonchev–Trinajstić information content (AvgIpc) is 3.19. The summed E-state index contributed by atoms with van der Waals surface area (Å²) >= 11 is 4.90. The third kappa shape index (κ3) is 10.5. The molecule has 1 aliphatic rings. The Balaban J connectivity index is 1.78. The van der Waals surface area contributed by atoms with Crippen molar-refractivity contribution in [2.45, 2.75) is 96.5 Å². The predicted octanol–water partition coefficient (Wildman–Crippen LogP) is 5.77. The van der Waals surface area contributed by atoms with Crippen molar-refractivity contribution in [3.05, 3.63) is 29.0 Å². The number of carbonyl (C=O) groups excluding carboxylic acids is 1. The molecule has 0 N–H and O–H groups in total. The van der Waals surface area contributed by atoms with Gasteiger partial charge in [-0.15, -0.1) is 0 Å². The molecule has 0 aromatic carbocycles. The smallest absolute Gasteiger partial charge is 0.410 e. The van der Waals surface area contributed by atoms with E-state index in [4.69, 9.17) is 21.1 Å². The third-order valence-electron chi connectivity index (χ3n) is 5.27. The van der Waals surface area contributed by atoms with Crippen LogP contribution in [0.2, 0.25) is 5.15 Å². The molecule has 1 aliphatic heterocycles. The Morgan fingerprint density at radius 2 is 2.00 bits per heavy atom. The predicted molar refractivity (Wildman–Crippen MR) is 139 cm³/mol. The van der Waals surface area contributed by atoms with E-state index < -0.39 is 21.7 Å². The van der Waals surface area contributed by atoms with Crippen molar-refractivity contribution in [2.75, 3.05) is 19.7 Å². The fourth-order valence-electron chi connectivity index (χ4n) is 3.39. The normalized spacial score (nSPS) is 18.3. The third-order valence-corrected chi connectivity index (χ3v) is 7.08. The second-order valence-corrected chi connectivity index (χ2v) is 12.9. The van der Waals surface area contributed by atoms with E-state index in [0.717, 1.165) is 37.0 Å². The second-order valence-electron chi connectivity index (χ2n) is 10.6. The number of unbranched alkanes of at least 4 members (excludes halogenated alkanes) is 1. The zero-order valence-electron chi connectivity index (χ0n) is 21.4. The van der Waals surface area contributed by atoms with Gasteiger partial charge in [0.15, 0.2) is 0 Å². The summed E-state index contributed by atoms with van der Waals surface area (Å²) < 4.78 is 28.2. The van der Waals surface area contributed by atoms with Gasteiger partial charge in [0.2, 0.25) is 0 Å². The standard InChI is InChI=1S/C25H40ClN3O4S/c1-24(2,3)33-23(30)29-16-14-21(18-29)32-17-8-7-11-20(28-34(31)25(4,5)6)13-12-19-10-9-15-27-22(19)26/h9-10,15,21H,7-8,11-14,16-18H2,1-6H3/t21-,34-/m1/s1. The topological polar surface area (TPSA) is 87.1 Å². The molecule has 0 radical (unpaired) electrons. The van der Waals surface area contributed by atoms with Gasteiger partial charge in [-0.05, 0) is 91.7 Å². The maximum Gasteiger partial charge on any atom is 0.410 e. The summed E-state index contributed by atoms with van der Waals surface area (Å²) in [6, 6.07) is 3.83. The molecule has 0 unspecified atom stereocenters. The van der Waals surface area contributed by atoms with Crippen LogP contribution >= 0.6 is 11.6 Å². The molecule has 1 fully saturated rings. The molecule has 1 amide bonds. The van der Waals surface area contributed by atoms with E-state index in [1.165, 1.54) is 0 Å². The van der Waals surface area contributed by atoms with Crippen LogP contribution in [0.5, 0.6) is 0 Å². The lowest BCUT2D eigenvalue weighted by molar-refractivity contribution is 0.0207. The first-order valence-corrected chi connectivity index (χ1v) is 13.5. The highest BCUT2D eigenvalue weighted by Gasteiger charge is 2.30. The largest absolute Gasteiger partial charge is 0.591 e. The van der Waals surface area contributed by atoms with Gasteiger partial charge in [-0.25, -0.2) is 9.78 Å².